The van der Waals surface area contributed by atoms with Crippen LogP contribution in [0.5, 0.6) is 0 Å². The van der Waals surface area contributed by atoms with Gasteiger partial charge in [0.1, 0.15) is 0 Å². The SMILES string of the molecule is C=CN/C=C/N(N)CCCCC(/C=C\C(=C)NC)=NC. The molecule has 0 bridgehead atoms. The predicted molar refractivity (Wildman–Crippen MR) is 87.9 cm³/mol. The maximum atomic E-state index is 5.79. The van der Waals surface area contributed by atoms with Gasteiger partial charge in [-0.3, -0.25) is 4.99 Å². The second-order valence-corrected chi connectivity index (χ2v) is 4.20. The fourth-order valence-corrected chi connectivity index (χ4v) is 1.43. The van der Waals surface area contributed by atoms with Gasteiger partial charge in [-0.1, -0.05) is 13.2 Å². The summed E-state index contributed by atoms with van der Waals surface area (Å²) in [5.41, 5.74) is 1.94. The maximum Gasteiger partial charge on any atom is 0.0345 e. The molecule has 0 heterocycles. The number of hydrazine groups is 1. The number of nitrogens with one attached hydrogen (secondary N) is 2. The summed E-state index contributed by atoms with van der Waals surface area (Å²) in [5.74, 6) is 5.79. The van der Waals surface area contributed by atoms with Crippen LogP contribution in [0.3, 0.4) is 0 Å². The Morgan fingerprint density at radius 3 is 2.70 bits per heavy atom. The Balaban J connectivity index is 3.89. The highest BCUT2D eigenvalue weighted by atomic mass is 15.4. The summed E-state index contributed by atoms with van der Waals surface area (Å²) >= 11 is 0. The molecule has 4 N–H and O–H groups in total. The van der Waals surface area contributed by atoms with E-state index in [1.807, 2.05) is 19.2 Å². The monoisotopic (exact) mass is 277 g/mol. The number of allylic oxidation sites excluding steroid dienone is 2. The Morgan fingerprint density at radius 2 is 2.10 bits per heavy atom. The minimum Gasteiger partial charge on any atom is -0.389 e. The molecule has 0 aliphatic rings. The molecule has 0 aliphatic carbocycles. The number of unbranched alkanes of at least 4 members (excludes halogenated alkanes) is 1. The lowest BCUT2D eigenvalue weighted by Gasteiger charge is -2.12. The van der Waals surface area contributed by atoms with Crippen molar-refractivity contribution in [3.63, 3.8) is 0 Å². The van der Waals surface area contributed by atoms with Crippen LogP contribution in [-0.4, -0.2) is 31.4 Å². The summed E-state index contributed by atoms with van der Waals surface area (Å²) in [6.45, 7) is 8.19. The summed E-state index contributed by atoms with van der Waals surface area (Å²) in [7, 11) is 3.65. The molecule has 0 aromatic rings. The van der Waals surface area contributed by atoms with Gasteiger partial charge in [-0.15, -0.1) is 0 Å². The third kappa shape index (κ3) is 9.96. The molecule has 0 fully saturated rings. The number of hydrogen-bond acceptors (Lipinski definition) is 5. The van der Waals surface area contributed by atoms with Crippen LogP contribution in [0.25, 0.3) is 0 Å². The van der Waals surface area contributed by atoms with Crippen molar-refractivity contribution in [3.05, 3.63) is 49.6 Å². The van der Waals surface area contributed by atoms with Gasteiger partial charge in [0.2, 0.25) is 0 Å². The van der Waals surface area contributed by atoms with Crippen molar-refractivity contribution in [2.45, 2.75) is 19.3 Å². The van der Waals surface area contributed by atoms with E-state index in [1.54, 1.807) is 30.7 Å². The topological polar surface area (TPSA) is 65.7 Å². The zero-order chi connectivity index (χ0) is 15.2. The first-order valence-corrected chi connectivity index (χ1v) is 6.69. The Labute approximate surface area is 122 Å². The summed E-state index contributed by atoms with van der Waals surface area (Å²) in [4.78, 5) is 4.25. The first kappa shape index (κ1) is 18.0. The van der Waals surface area contributed by atoms with Crippen molar-refractivity contribution in [1.29, 1.82) is 0 Å². The van der Waals surface area contributed by atoms with E-state index in [4.69, 9.17) is 5.84 Å². The van der Waals surface area contributed by atoms with E-state index < -0.39 is 0 Å². The van der Waals surface area contributed by atoms with Crippen molar-refractivity contribution >= 4 is 5.71 Å². The van der Waals surface area contributed by atoms with E-state index >= 15 is 0 Å². The first-order valence-electron chi connectivity index (χ1n) is 6.69. The molecule has 5 heteroatoms. The van der Waals surface area contributed by atoms with Crippen LogP contribution in [0.15, 0.2) is 54.6 Å². The van der Waals surface area contributed by atoms with Gasteiger partial charge in [0, 0.05) is 44.4 Å². The average molecular weight is 277 g/mol. The van der Waals surface area contributed by atoms with Crippen LogP contribution in [0.1, 0.15) is 19.3 Å². The number of nitrogens with two attached hydrogens (primary N) is 1. The second kappa shape index (κ2) is 12.0. The van der Waals surface area contributed by atoms with E-state index in [2.05, 4.69) is 28.8 Å². The van der Waals surface area contributed by atoms with E-state index in [1.165, 1.54) is 0 Å². The van der Waals surface area contributed by atoms with Crippen LogP contribution in [0.2, 0.25) is 0 Å². The molecular weight excluding hydrogens is 250 g/mol. The van der Waals surface area contributed by atoms with Gasteiger partial charge in [0.15, 0.2) is 0 Å². The molecule has 0 rings (SSSR count). The summed E-state index contributed by atoms with van der Waals surface area (Å²) < 4.78 is 0. The molecule has 0 amide bonds. The maximum absolute atomic E-state index is 5.79. The first-order chi connectivity index (χ1) is 9.63. The van der Waals surface area contributed by atoms with Crippen LogP contribution < -0.4 is 16.5 Å². The quantitative estimate of drug-likeness (QED) is 0.177. The molecule has 0 saturated carbocycles. The van der Waals surface area contributed by atoms with Gasteiger partial charge in [0.25, 0.3) is 0 Å². The molecule has 20 heavy (non-hydrogen) atoms. The number of aliphatic imine (C=N–C) groups is 1. The molecule has 0 aromatic carbocycles. The third-order valence-electron chi connectivity index (χ3n) is 2.66. The number of rotatable bonds is 11. The molecule has 112 valence electrons. The highest BCUT2D eigenvalue weighted by Gasteiger charge is 1.97. The Morgan fingerprint density at radius 1 is 1.35 bits per heavy atom. The van der Waals surface area contributed by atoms with E-state index in [0.717, 1.165) is 37.2 Å². The molecule has 0 radical (unpaired) electrons. The molecule has 0 atom stereocenters. The van der Waals surface area contributed by atoms with Crippen molar-refractivity contribution in [3.8, 4) is 0 Å². The van der Waals surface area contributed by atoms with E-state index in [0.29, 0.717) is 0 Å². The number of hydrogen-bond donors (Lipinski definition) is 3. The standard InChI is InChI=1S/C15H27N5/c1-5-19-11-13-20(16)12-7-6-8-15(18-4)10-9-14(2)17-3/h5,9-11,13,17,19H,1-2,6-8,12,16H2,3-4H3/b10-9-,13-11+,18-15?. The normalized spacial score (nSPS) is 11.8. The number of nitrogens with zero attached hydrogens (tertiary/aromatic N) is 2. The second-order valence-electron chi connectivity index (χ2n) is 4.20. The minimum atomic E-state index is 0.805. The summed E-state index contributed by atoms with van der Waals surface area (Å²) in [5, 5.41) is 7.47. The van der Waals surface area contributed by atoms with Gasteiger partial charge in [-0.05, 0) is 37.6 Å². The molecule has 0 aromatic heterocycles. The van der Waals surface area contributed by atoms with Crippen molar-refractivity contribution in [1.82, 2.24) is 15.6 Å². The highest BCUT2D eigenvalue weighted by Crippen LogP contribution is 2.01. The van der Waals surface area contributed by atoms with Crippen molar-refractivity contribution in [2.24, 2.45) is 10.8 Å². The summed E-state index contributed by atoms with van der Waals surface area (Å²) in [6, 6.07) is 0. The van der Waals surface area contributed by atoms with Gasteiger partial charge < -0.3 is 15.6 Å². The Kier molecular flexibility index (Phi) is 10.8. The van der Waals surface area contributed by atoms with Gasteiger partial charge in [0.05, 0.1) is 0 Å². The molecule has 0 spiro atoms. The smallest absolute Gasteiger partial charge is 0.0345 e. The number of likely N-dealkylation sites (N-methyl/N-ethyl adjacent to an activating group) is 1. The van der Waals surface area contributed by atoms with Crippen molar-refractivity contribution in [2.75, 3.05) is 20.6 Å². The highest BCUT2D eigenvalue weighted by molar-refractivity contribution is 5.95. The molecule has 0 aliphatic heterocycles. The lowest BCUT2D eigenvalue weighted by atomic mass is 10.1. The van der Waals surface area contributed by atoms with E-state index in [-0.39, 0.29) is 0 Å². The predicted octanol–water partition coefficient (Wildman–Crippen LogP) is 1.90. The molecular formula is C15H27N5. The van der Waals surface area contributed by atoms with Crippen molar-refractivity contribution < 1.29 is 0 Å². The fourth-order valence-electron chi connectivity index (χ4n) is 1.43. The van der Waals surface area contributed by atoms with Crippen LogP contribution in [-0.2, 0) is 0 Å². The lowest BCUT2D eigenvalue weighted by Crippen LogP contribution is -2.26. The lowest BCUT2D eigenvalue weighted by molar-refractivity contribution is 0.380. The van der Waals surface area contributed by atoms with Gasteiger partial charge in [-0.2, -0.15) is 0 Å². The average Bonchev–Trinajstić information content (AvgIpc) is 2.46. The van der Waals surface area contributed by atoms with Crippen LogP contribution in [0.4, 0.5) is 0 Å². The third-order valence-corrected chi connectivity index (χ3v) is 2.66. The Bertz CT molecular complexity index is 368. The molecule has 0 unspecified atom stereocenters. The molecule has 5 nitrogen and oxygen atoms in total. The van der Waals surface area contributed by atoms with Gasteiger partial charge >= 0.3 is 0 Å². The minimum absolute atomic E-state index is 0.805. The Hall–Kier alpha value is -2.01. The van der Waals surface area contributed by atoms with Gasteiger partial charge in [-0.25, -0.2) is 5.84 Å². The van der Waals surface area contributed by atoms with Crippen LogP contribution >= 0.6 is 0 Å². The fraction of sp³-hybridized carbons (Fsp3) is 0.400. The van der Waals surface area contributed by atoms with E-state index in [9.17, 15) is 0 Å². The van der Waals surface area contributed by atoms with Crippen LogP contribution in [0, 0.1) is 0 Å². The largest absolute Gasteiger partial charge is 0.389 e. The zero-order valence-corrected chi connectivity index (χ0v) is 12.6. The summed E-state index contributed by atoms with van der Waals surface area (Å²) in [6.07, 6.45) is 12.0. The zero-order valence-electron chi connectivity index (χ0n) is 12.6. The molecule has 0 saturated heterocycles.